The summed E-state index contributed by atoms with van der Waals surface area (Å²) in [4.78, 5) is 0. The Morgan fingerprint density at radius 1 is 1.00 bits per heavy atom. The first kappa shape index (κ1) is 12.6. The topological polar surface area (TPSA) is 72.3 Å². The fraction of sp³-hybridized carbons (Fsp3) is 0.800. The molecule has 1 atom stereocenters. The Hall–Kier alpha value is -1.42. The van der Waals surface area contributed by atoms with Gasteiger partial charge in [-0.2, -0.15) is 20.8 Å². The Kier molecular flexibility index (Phi) is 3.77. The first-order valence-corrected chi connectivity index (χ1v) is 4.54. The van der Waals surface area contributed by atoms with Crippen LogP contribution in [-0.2, 0) is 0 Å². The first-order chi connectivity index (χ1) is 6.27. The largest absolute Gasteiger partial charge is 0.196 e. The molecule has 0 aromatic rings. The van der Waals surface area contributed by atoms with Crippen molar-refractivity contribution in [3.05, 3.63) is 0 Å². The van der Waals surface area contributed by atoms with E-state index in [-0.39, 0.29) is 5.92 Å². The van der Waals surface area contributed by atoms with Crippen LogP contribution in [0, 0.1) is 28.6 Å². The fourth-order valence-electron chi connectivity index (χ4n) is 0.518. The Morgan fingerprint density at radius 3 is 1.79 bits per heavy atom. The number of hydrogen-bond donors (Lipinski definition) is 0. The van der Waals surface area contributed by atoms with Crippen LogP contribution < -0.4 is 0 Å². The van der Waals surface area contributed by atoms with E-state index in [1.165, 1.54) is 0 Å². The van der Waals surface area contributed by atoms with Crippen LogP contribution in [0.1, 0.15) is 34.6 Å². The lowest BCUT2D eigenvalue weighted by molar-refractivity contribution is 0.397. The second-order valence-electron chi connectivity index (χ2n) is 4.28. The second kappa shape index (κ2) is 4.19. The van der Waals surface area contributed by atoms with Gasteiger partial charge in [-0.25, -0.2) is 0 Å². The van der Waals surface area contributed by atoms with Crippen molar-refractivity contribution in [1.29, 1.82) is 10.5 Å². The van der Waals surface area contributed by atoms with Crippen LogP contribution >= 0.6 is 0 Å². The van der Waals surface area contributed by atoms with Crippen molar-refractivity contribution in [2.75, 3.05) is 0 Å². The standard InChI is InChI=1S/C10H16N4/c1-8(2)10(5,7-12)14-13-9(3,4)6-11/h8H,1-5H3/b14-13+. The SMILES string of the molecule is CC(C)C(C)(C#N)/N=N/C(C)(C)C#N. The van der Waals surface area contributed by atoms with Crippen LogP contribution in [0.3, 0.4) is 0 Å². The maximum absolute atomic E-state index is 8.94. The minimum absolute atomic E-state index is 0.0748. The number of azo groups is 1. The molecule has 4 nitrogen and oxygen atoms in total. The van der Waals surface area contributed by atoms with Crippen molar-refractivity contribution in [3.63, 3.8) is 0 Å². The Labute approximate surface area is 85.3 Å². The predicted octanol–water partition coefficient (Wildman–Crippen LogP) is 2.68. The Balaban J connectivity index is 4.84. The second-order valence-corrected chi connectivity index (χ2v) is 4.28. The summed E-state index contributed by atoms with van der Waals surface area (Å²) in [5.41, 5.74) is -1.69. The van der Waals surface area contributed by atoms with E-state index in [1.807, 2.05) is 19.9 Å². The summed E-state index contributed by atoms with van der Waals surface area (Å²) in [6, 6.07) is 4.11. The third kappa shape index (κ3) is 3.14. The van der Waals surface area contributed by atoms with Crippen molar-refractivity contribution < 1.29 is 0 Å². The van der Waals surface area contributed by atoms with Gasteiger partial charge in [-0.05, 0) is 26.7 Å². The molecule has 1 unspecified atom stereocenters. The van der Waals surface area contributed by atoms with Gasteiger partial charge in [-0.1, -0.05) is 13.8 Å². The average molecular weight is 192 g/mol. The quantitative estimate of drug-likeness (QED) is 0.645. The third-order valence-electron chi connectivity index (χ3n) is 2.13. The molecule has 14 heavy (non-hydrogen) atoms. The third-order valence-corrected chi connectivity index (χ3v) is 2.13. The molecule has 76 valence electrons. The van der Waals surface area contributed by atoms with Crippen LogP contribution in [0.4, 0.5) is 0 Å². The molecule has 0 spiro atoms. The molecule has 0 aromatic carbocycles. The van der Waals surface area contributed by atoms with E-state index in [4.69, 9.17) is 10.5 Å². The van der Waals surface area contributed by atoms with Crippen LogP contribution in [-0.4, -0.2) is 11.1 Å². The highest BCUT2D eigenvalue weighted by Gasteiger charge is 2.29. The molecule has 0 heterocycles. The van der Waals surface area contributed by atoms with Crippen LogP contribution in [0.2, 0.25) is 0 Å². The lowest BCUT2D eigenvalue weighted by Crippen LogP contribution is -2.27. The monoisotopic (exact) mass is 192 g/mol. The molecule has 0 radical (unpaired) electrons. The van der Waals surface area contributed by atoms with Crippen LogP contribution in [0.25, 0.3) is 0 Å². The molecule has 4 heteroatoms. The zero-order valence-corrected chi connectivity index (χ0v) is 9.37. The van der Waals surface area contributed by atoms with E-state index in [2.05, 4.69) is 16.3 Å². The summed E-state index contributed by atoms with van der Waals surface area (Å²) in [5, 5.41) is 25.5. The van der Waals surface area contributed by atoms with Crippen LogP contribution in [0.15, 0.2) is 10.2 Å². The normalized spacial score (nSPS) is 16.3. The first-order valence-electron chi connectivity index (χ1n) is 4.54. The molecular formula is C10H16N4. The maximum Gasteiger partial charge on any atom is 0.167 e. The maximum atomic E-state index is 8.94. The molecular weight excluding hydrogens is 176 g/mol. The van der Waals surface area contributed by atoms with E-state index < -0.39 is 11.1 Å². The molecule has 0 aromatic heterocycles. The van der Waals surface area contributed by atoms with Gasteiger partial charge in [0.15, 0.2) is 11.1 Å². The van der Waals surface area contributed by atoms with Crippen molar-refractivity contribution in [2.24, 2.45) is 16.1 Å². The van der Waals surface area contributed by atoms with Gasteiger partial charge >= 0.3 is 0 Å². The minimum atomic E-state index is -0.854. The summed E-state index contributed by atoms with van der Waals surface area (Å²) >= 11 is 0. The molecule has 0 aliphatic heterocycles. The van der Waals surface area contributed by atoms with Gasteiger partial charge in [0.1, 0.15) is 0 Å². The lowest BCUT2D eigenvalue weighted by atomic mass is 9.91. The van der Waals surface area contributed by atoms with Gasteiger partial charge < -0.3 is 0 Å². The molecule has 0 saturated carbocycles. The zero-order chi connectivity index (χ0) is 11.4. The molecule has 0 N–H and O–H groups in total. The Bertz CT molecular complexity index is 303. The van der Waals surface area contributed by atoms with Gasteiger partial charge in [-0.15, -0.1) is 0 Å². The van der Waals surface area contributed by atoms with Crippen molar-refractivity contribution in [3.8, 4) is 12.1 Å². The predicted molar refractivity (Wildman–Crippen MR) is 53.4 cm³/mol. The Morgan fingerprint density at radius 2 is 1.50 bits per heavy atom. The number of rotatable bonds is 3. The van der Waals surface area contributed by atoms with Gasteiger partial charge in [0.05, 0.1) is 12.1 Å². The van der Waals surface area contributed by atoms with Crippen molar-refractivity contribution >= 4 is 0 Å². The molecule has 0 rings (SSSR count). The number of nitriles is 2. The lowest BCUT2D eigenvalue weighted by Gasteiger charge is -2.20. The average Bonchev–Trinajstić information content (AvgIpc) is 2.14. The molecule has 0 fully saturated rings. The van der Waals surface area contributed by atoms with E-state index in [1.54, 1.807) is 20.8 Å². The summed E-state index contributed by atoms with van der Waals surface area (Å²) in [7, 11) is 0. The van der Waals surface area contributed by atoms with Gasteiger partial charge in [0, 0.05) is 0 Å². The fourth-order valence-corrected chi connectivity index (χ4v) is 0.518. The van der Waals surface area contributed by atoms with E-state index in [0.717, 1.165) is 0 Å². The number of hydrogen-bond acceptors (Lipinski definition) is 4. The summed E-state index contributed by atoms with van der Waals surface area (Å²) in [5.74, 6) is 0.0748. The van der Waals surface area contributed by atoms with Crippen molar-refractivity contribution in [1.82, 2.24) is 0 Å². The molecule has 0 aliphatic carbocycles. The molecule has 0 bridgehead atoms. The number of nitrogens with zero attached hydrogens (tertiary/aromatic N) is 4. The summed E-state index contributed by atoms with van der Waals surface area (Å²) in [6.07, 6.45) is 0. The highest BCUT2D eigenvalue weighted by molar-refractivity contribution is 5.07. The highest BCUT2D eigenvalue weighted by atomic mass is 15.2. The van der Waals surface area contributed by atoms with Gasteiger partial charge in [0.25, 0.3) is 0 Å². The van der Waals surface area contributed by atoms with Gasteiger partial charge in [-0.3, -0.25) is 0 Å². The highest BCUT2D eigenvalue weighted by Crippen LogP contribution is 2.22. The van der Waals surface area contributed by atoms with E-state index >= 15 is 0 Å². The minimum Gasteiger partial charge on any atom is -0.196 e. The summed E-state index contributed by atoms with van der Waals surface area (Å²) in [6.45, 7) is 8.85. The van der Waals surface area contributed by atoms with Crippen molar-refractivity contribution in [2.45, 2.75) is 45.7 Å². The van der Waals surface area contributed by atoms with Crippen LogP contribution in [0.5, 0.6) is 0 Å². The summed E-state index contributed by atoms with van der Waals surface area (Å²) < 4.78 is 0. The van der Waals surface area contributed by atoms with E-state index in [0.29, 0.717) is 0 Å². The van der Waals surface area contributed by atoms with E-state index in [9.17, 15) is 0 Å². The molecule has 0 aliphatic rings. The molecule has 0 amide bonds. The molecule has 0 saturated heterocycles. The smallest absolute Gasteiger partial charge is 0.167 e. The van der Waals surface area contributed by atoms with Gasteiger partial charge in [0.2, 0.25) is 0 Å². The zero-order valence-electron chi connectivity index (χ0n) is 9.37.